The average Bonchev–Trinajstić information content (AvgIpc) is 1.88. The van der Waals surface area contributed by atoms with Gasteiger partial charge in [-0.2, -0.15) is 0 Å². The highest BCUT2D eigenvalue weighted by molar-refractivity contribution is 7.94. The molecule has 0 heterocycles. The standard InChI is InChI=1S/C8H16O2S/c1-6(2)8(3,4)7(9)10-11-5/h6H,1-5H3. The molecular formula is C8H16O2S. The zero-order valence-corrected chi connectivity index (χ0v) is 8.62. The van der Waals surface area contributed by atoms with Gasteiger partial charge >= 0.3 is 5.97 Å². The normalized spacial score (nSPS) is 11.8. The quantitative estimate of drug-likeness (QED) is 0.618. The Morgan fingerprint density at radius 3 is 2.18 bits per heavy atom. The molecule has 2 nitrogen and oxygen atoms in total. The molecule has 0 atom stereocenters. The van der Waals surface area contributed by atoms with Crippen LogP contribution in [0.1, 0.15) is 27.7 Å². The second-order valence-electron chi connectivity index (χ2n) is 3.41. The molecular weight excluding hydrogens is 160 g/mol. The molecule has 0 aliphatic carbocycles. The lowest BCUT2D eigenvalue weighted by Gasteiger charge is -2.25. The first kappa shape index (κ1) is 10.8. The van der Waals surface area contributed by atoms with E-state index < -0.39 is 0 Å². The van der Waals surface area contributed by atoms with E-state index in [1.54, 1.807) is 6.26 Å². The van der Waals surface area contributed by atoms with Gasteiger partial charge in [-0.25, -0.2) is 0 Å². The summed E-state index contributed by atoms with van der Waals surface area (Å²) >= 11 is 1.10. The molecule has 0 saturated heterocycles. The maximum atomic E-state index is 11.3. The fourth-order valence-electron chi connectivity index (χ4n) is 0.419. The largest absolute Gasteiger partial charge is 0.391 e. The Morgan fingerprint density at radius 1 is 1.45 bits per heavy atom. The fourth-order valence-corrected chi connectivity index (χ4v) is 0.785. The van der Waals surface area contributed by atoms with Crippen LogP contribution in [0.3, 0.4) is 0 Å². The molecule has 0 N–H and O–H groups in total. The van der Waals surface area contributed by atoms with Crippen molar-refractivity contribution in [2.45, 2.75) is 27.7 Å². The first-order valence-electron chi connectivity index (χ1n) is 3.68. The van der Waals surface area contributed by atoms with Crippen molar-refractivity contribution in [1.82, 2.24) is 0 Å². The van der Waals surface area contributed by atoms with Gasteiger partial charge in [-0.3, -0.25) is 4.79 Å². The van der Waals surface area contributed by atoms with Crippen molar-refractivity contribution in [2.75, 3.05) is 6.26 Å². The molecule has 0 aromatic rings. The van der Waals surface area contributed by atoms with E-state index in [2.05, 4.69) is 0 Å². The minimum Gasteiger partial charge on any atom is -0.391 e. The molecule has 11 heavy (non-hydrogen) atoms. The molecule has 0 radical (unpaired) electrons. The van der Waals surface area contributed by atoms with E-state index in [0.29, 0.717) is 5.92 Å². The molecule has 0 rings (SSSR count). The second-order valence-corrected chi connectivity index (χ2v) is 3.91. The van der Waals surface area contributed by atoms with E-state index in [9.17, 15) is 4.79 Å². The minimum absolute atomic E-state index is 0.139. The van der Waals surface area contributed by atoms with Crippen LogP contribution in [0.15, 0.2) is 0 Å². The van der Waals surface area contributed by atoms with Crippen molar-refractivity contribution in [3.05, 3.63) is 0 Å². The van der Waals surface area contributed by atoms with Crippen molar-refractivity contribution >= 4 is 18.0 Å². The smallest absolute Gasteiger partial charge is 0.323 e. The van der Waals surface area contributed by atoms with Crippen LogP contribution >= 0.6 is 12.0 Å². The third-order valence-corrected chi connectivity index (χ3v) is 2.45. The molecule has 0 aliphatic heterocycles. The van der Waals surface area contributed by atoms with Crippen LogP contribution in [0, 0.1) is 11.3 Å². The lowest BCUT2D eigenvalue weighted by Crippen LogP contribution is -2.30. The molecule has 66 valence electrons. The van der Waals surface area contributed by atoms with Gasteiger partial charge in [-0.1, -0.05) is 13.8 Å². The first-order valence-corrected chi connectivity index (χ1v) is 4.83. The molecule has 0 saturated carbocycles. The lowest BCUT2D eigenvalue weighted by atomic mass is 9.81. The number of carbonyl (C=O) groups is 1. The summed E-state index contributed by atoms with van der Waals surface area (Å²) in [6.07, 6.45) is 1.74. The van der Waals surface area contributed by atoms with Crippen LogP contribution < -0.4 is 0 Å². The monoisotopic (exact) mass is 176 g/mol. The molecule has 0 bridgehead atoms. The molecule has 3 heteroatoms. The van der Waals surface area contributed by atoms with E-state index in [0.717, 1.165) is 12.0 Å². The van der Waals surface area contributed by atoms with Crippen molar-refractivity contribution in [3.8, 4) is 0 Å². The van der Waals surface area contributed by atoms with E-state index in [4.69, 9.17) is 4.18 Å². The summed E-state index contributed by atoms with van der Waals surface area (Å²) in [6.45, 7) is 7.83. The lowest BCUT2D eigenvalue weighted by molar-refractivity contribution is -0.144. The molecule has 0 unspecified atom stereocenters. The van der Waals surface area contributed by atoms with Gasteiger partial charge in [0.25, 0.3) is 0 Å². The Bertz CT molecular complexity index is 141. The number of hydrogen-bond acceptors (Lipinski definition) is 3. The third-order valence-electron chi connectivity index (χ3n) is 2.13. The van der Waals surface area contributed by atoms with Crippen molar-refractivity contribution in [3.63, 3.8) is 0 Å². The first-order chi connectivity index (χ1) is 4.92. The zero-order chi connectivity index (χ0) is 9.07. The molecule has 0 aromatic heterocycles. The van der Waals surface area contributed by atoms with Crippen LogP contribution in [-0.2, 0) is 8.98 Å². The molecule has 0 amide bonds. The summed E-state index contributed by atoms with van der Waals surface area (Å²) < 4.78 is 4.85. The highest BCUT2D eigenvalue weighted by Crippen LogP contribution is 2.28. The Labute approximate surface area is 72.9 Å². The van der Waals surface area contributed by atoms with Crippen molar-refractivity contribution < 1.29 is 8.98 Å². The Morgan fingerprint density at radius 2 is 1.91 bits per heavy atom. The highest BCUT2D eigenvalue weighted by atomic mass is 32.2. The van der Waals surface area contributed by atoms with Crippen molar-refractivity contribution in [1.29, 1.82) is 0 Å². The summed E-state index contributed by atoms with van der Waals surface area (Å²) in [5.74, 6) is 0.169. The minimum atomic E-state index is -0.372. The van der Waals surface area contributed by atoms with E-state index in [1.165, 1.54) is 0 Å². The maximum absolute atomic E-state index is 11.3. The van der Waals surface area contributed by atoms with E-state index in [1.807, 2.05) is 27.7 Å². The summed E-state index contributed by atoms with van der Waals surface area (Å²) in [5.41, 5.74) is -0.372. The van der Waals surface area contributed by atoms with Gasteiger partial charge < -0.3 is 4.18 Å². The molecule has 0 spiro atoms. The highest BCUT2D eigenvalue weighted by Gasteiger charge is 2.32. The summed E-state index contributed by atoms with van der Waals surface area (Å²) in [6, 6.07) is 0. The van der Waals surface area contributed by atoms with Gasteiger partial charge in [0.05, 0.1) is 17.5 Å². The van der Waals surface area contributed by atoms with E-state index >= 15 is 0 Å². The van der Waals surface area contributed by atoms with Crippen LogP contribution in [0.5, 0.6) is 0 Å². The summed E-state index contributed by atoms with van der Waals surface area (Å²) in [5, 5.41) is 0. The molecule has 0 aromatic carbocycles. The summed E-state index contributed by atoms with van der Waals surface area (Å²) in [4.78, 5) is 11.3. The number of rotatable bonds is 3. The maximum Gasteiger partial charge on any atom is 0.323 e. The van der Waals surface area contributed by atoms with Crippen molar-refractivity contribution in [2.24, 2.45) is 11.3 Å². The number of carbonyl (C=O) groups excluding carboxylic acids is 1. The van der Waals surface area contributed by atoms with Gasteiger partial charge in [0.1, 0.15) is 0 Å². The fraction of sp³-hybridized carbons (Fsp3) is 0.875. The van der Waals surface area contributed by atoms with Gasteiger partial charge in [0.15, 0.2) is 0 Å². The topological polar surface area (TPSA) is 26.3 Å². The molecule has 0 fully saturated rings. The predicted molar refractivity (Wildman–Crippen MR) is 48.2 cm³/mol. The van der Waals surface area contributed by atoms with E-state index in [-0.39, 0.29) is 11.4 Å². The Kier molecular flexibility index (Phi) is 3.93. The predicted octanol–water partition coefficient (Wildman–Crippen LogP) is 2.49. The Balaban J connectivity index is 4.18. The van der Waals surface area contributed by atoms with Crippen LogP contribution in [0.25, 0.3) is 0 Å². The molecule has 0 aliphatic rings. The zero-order valence-electron chi connectivity index (χ0n) is 7.80. The number of hydrogen-bond donors (Lipinski definition) is 0. The second kappa shape index (κ2) is 4.00. The van der Waals surface area contributed by atoms with Gasteiger partial charge in [0.2, 0.25) is 0 Å². The van der Waals surface area contributed by atoms with Crippen LogP contribution in [0.4, 0.5) is 0 Å². The Hall–Kier alpha value is -0.180. The summed E-state index contributed by atoms with van der Waals surface area (Å²) in [7, 11) is 0. The van der Waals surface area contributed by atoms with Gasteiger partial charge in [0, 0.05) is 6.26 Å². The SMILES string of the molecule is CSOC(=O)C(C)(C)C(C)C. The van der Waals surface area contributed by atoms with Crippen LogP contribution in [-0.4, -0.2) is 12.2 Å². The average molecular weight is 176 g/mol. The van der Waals surface area contributed by atoms with Crippen LogP contribution in [0.2, 0.25) is 0 Å². The van der Waals surface area contributed by atoms with Gasteiger partial charge in [-0.15, -0.1) is 0 Å². The van der Waals surface area contributed by atoms with Gasteiger partial charge in [-0.05, 0) is 19.8 Å². The third kappa shape index (κ3) is 2.73.